The van der Waals surface area contributed by atoms with Crippen LogP contribution >= 0.6 is 23.1 Å². The molecule has 3 aromatic rings. The number of methoxy groups -OCH3 is 2. The van der Waals surface area contributed by atoms with Crippen molar-refractivity contribution in [3.8, 4) is 5.75 Å². The van der Waals surface area contributed by atoms with Gasteiger partial charge in [-0.15, -0.1) is 11.3 Å². The second-order valence-corrected chi connectivity index (χ2v) is 8.49. The molecule has 1 amide bonds. The van der Waals surface area contributed by atoms with Gasteiger partial charge < -0.3 is 14.8 Å². The molecule has 0 saturated heterocycles. The van der Waals surface area contributed by atoms with Crippen molar-refractivity contribution in [2.45, 2.75) is 25.5 Å². The number of thiophene rings is 1. The van der Waals surface area contributed by atoms with E-state index in [2.05, 4.69) is 10.3 Å². The lowest BCUT2D eigenvalue weighted by Gasteiger charge is -2.12. The number of anilines is 1. The fourth-order valence-electron chi connectivity index (χ4n) is 2.86. The van der Waals surface area contributed by atoms with Crippen LogP contribution in [-0.4, -0.2) is 42.0 Å². The minimum atomic E-state index is -0.203. The number of rotatable bonds is 8. The summed E-state index contributed by atoms with van der Waals surface area (Å²) in [7, 11) is 3.14. The van der Waals surface area contributed by atoms with Crippen LogP contribution in [0.1, 0.15) is 10.4 Å². The smallest absolute Gasteiger partial charge is 0.263 e. The molecule has 29 heavy (non-hydrogen) atoms. The molecular formula is C20H23N3O4S2. The highest BCUT2D eigenvalue weighted by Gasteiger charge is 2.18. The second-order valence-electron chi connectivity index (χ2n) is 6.34. The van der Waals surface area contributed by atoms with Crippen LogP contribution in [0.3, 0.4) is 0 Å². The summed E-state index contributed by atoms with van der Waals surface area (Å²) in [5, 5.41) is 3.99. The highest BCUT2D eigenvalue weighted by molar-refractivity contribution is 7.99. The number of nitrogens with one attached hydrogen (secondary N) is 1. The molecular weight excluding hydrogens is 410 g/mol. The molecule has 7 nitrogen and oxygen atoms in total. The Labute approximate surface area is 177 Å². The zero-order valence-corrected chi connectivity index (χ0v) is 18.4. The number of ether oxygens (including phenoxy) is 2. The molecule has 9 heteroatoms. The number of carbonyl (C=O) groups excluding carboxylic acids is 1. The number of nitrogens with zero attached hydrogens (tertiary/aromatic N) is 2. The summed E-state index contributed by atoms with van der Waals surface area (Å²) in [4.78, 5) is 31.9. The molecule has 0 fully saturated rings. The molecule has 1 N–H and O–H groups in total. The van der Waals surface area contributed by atoms with E-state index in [9.17, 15) is 9.59 Å². The van der Waals surface area contributed by atoms with Gasteiger partial charge in [0.05, 0.1) is 37.1 Å². The largest absolute Gasteiger partial charge is 0.495 e. The molecule has 2 aromatic heterocycles. The van der Waals surface area contributed by atoms with Crippen LogP contribution in [0.25, 0.3) is 10.2 Å². The van der Waals surface area contributed by atoms with E-state index < -0.39 is 0 Å². The number of amides is 1. The van der Waals surface area contributed by atoms with Crippen molar-refractivity contribution in [1.82, 2.24) is 9.55 Å². The molecule has 0 aliphatic carbocycles. The van der Waals surface area contributed by atoms with Gasteiger partial charge in [-0.05, 0) is 31.5 Å². The van der Waals surface area contributed by atoms with Gasteiger partial charge in [0.25, 0.3) is 5.56 Å². The van der Waals surface area contributed by atoms with E-state index in [1.807, 2.05) is 26.0 Å². The summed E-state index contributed by atoms with van der Waals surface area (Å²) >= 11 is 2.73. The zero-order valence-electron chi connectivity index (χ0n) is 16.8. The predicted octanol–water partition coefficient (Wildman–Crippen LogP) is 3.46. The van der Waals surface area contributed by atoms with Crippen LogP contribution in [-0.2, 0) is 16.1 Å². The van der Waals surface area contributed by atoms with Gasteiger partial charge in [0.2, 0.25) is 5.91 Å². The van der Waals surface area contributed by atoms with Crippen molar-refractivity contribution in [1.29, 1.82) is 0 Å². The minimum absolute atomic E-state index is 0.0958. The Balaban J connectivity index is 1.84. The SMILES string of the molecule is COCCn1c(SCC(=O)Nc2ccccc2OC)nc2sc(C)c(C)c2c1=O. The van der Waals surface area contributed by atoms with E-state index in [4.69, 9.17) is 9.47 Å². The summed E-state index contributed by atoms with van der Waals surface area (Å²) in [6.07, 6.45) is 0. The van der Waals surface area contributed by atoms with Crippen LogP contribution in [0.4, 0.5) is 5.69 Å². The van der Waals surface area contributed by atoms with Crippen LogP contribution in [0.15, 0.2) is 34.2 Å². The highest BCUT2D eigenvalue weighted by Crippen LogP contribution is 2.29. The molecule has 0 aliphatic rings. The van der Waals surface area contributed by atoms with Crippen molar-refractivity contribution < 1.29 is 14.3 Å². The van der Waals surface area contributed by atoms with Gasteiger partial charge in [0.1, 0.15) is 10.6 Å². The van der Waals surface area contributed by atoms with E-state index >= 15 is 0 Å². The summed E-state index contributed by atoms with van der Waals surface area (Å²) in [6, 6.07) is 7.21. The summed E-state index contributed by atoms with van der Waals surface area (Å²) in [5.41, 5.74) is 1.46. The topological polar surface area (TPSA) is 82.4 Å². The lowest BCUT2D eigenvalue weighted by Crippen LogP contribution is -2.26. The average molecular weight is 434 g/mol. The Kier molecular flexibility index (Phi) is 6.94. The Hall–Kier alpha value is -2.36. The molecule has 1 aromatic carbocycles. The van der Waals surface area contributed by atoms with Crippen molar-refractivity contribution in [2.24, 2.45) is 0 Å². The third kappa shape index (κ3) is 4.63. The first kappa shape index (κ1) is 21.4. The third-order valence-electron chi connectivity index (χ3n) is 4.49. The van der Waals surface area contributed by atoms with Gasteiger partial charge in [-0.3, -0.25) is 14.2 Å². The number of para-hydroxylation sites is 2. The van der Waals surface area contributed by atoms with Crippen molar-refractivity contribution in [2.75, 3.05) is 31.9 Å². The monoisotopic (exact) mass is 433 g/mol. The van der Waals surface area contributed by atoms with Gasteiger partial charge in [-0.1, -0.05) is 23.9 Å². The lowest BCUT2D eigenvalue weighted by molar-refractivity contribution is -0.113. The van der Waals surface area contributed by atoms with Crippen LogP contribution in [0.5, 0.6) is 5.75 Å². The van der Waals surface area contributed by atoms with Gasteiger partial charge in [0, 0.05) is 12.0 Å². The van der Waals surface area contributed by atoms with E-state index in [1.54, 1.807) is 30.9 Å². The lowest BCUT2D eigenvalue weighted by atomic mass is 10.2. The number of fused-ring (bicyclic) bond motifs is 1. The maximum atomic E-state index is 13.1. The molecule has 0 atom stereocenters. The van der Waals surface area contributed by atoms with Gasteiger partial charge >= 0.3 is 0 Å². The Morgan fingerprint density at radius 2 is 2.03 bits per heavy atom. The second kappa shape index (κ2) is 9.43. The van der Waals surface area contributed by atoms with E-state index in [0.717, 1.165) is 10.4 Å². The first-order chi connectivity index (χ1) is 14.0. The fourth-order valence-corrected chi connectivity index (χ4v) is 4.76. The first-order valence-corrected chi connectivity index (χ1v) is 10.8. The van der Waals surface area contributed by atoms with E-state index in [1.165, 1.54) is 23.1 Å². The molecule has 0 unspecified atom stereocenters. The van der Waals surface area contributed by atoms with Crippen LogP contribution in [0.2, 0.25) is 0 Å². The number of aryl methyl sites for hydroxylation is 2. The van der Waals surface area contributed by atoms with Gasteiger partial charge in [0.15, 0.2) is 5.16 Å². The average Bonchev–Trinajstić information content (AvgIpc) is 3.00. The van der Waals surface area contributed by atoms with E-state index in [0.29, 0.717) is 40.0 Å². The minimum Gasteiger partial charge on any atom is -0.495 e. The first-order valence-electron chi connectivity index (χ1n) is 9.01. The van der Waals surface area contributed by atoms with Crippen molar-refractivity contribution in [3.63, 3.8) is 0 Å². The standard InChI is InChI=1S/C20H23N3O4S2/c1-12-13(2)29-18-17(12)19(25)23(9-10-26-3)20(22-18)28-11-16(24)21-14-7-5-6-8-15(14)27-4/h5-8H,9-11H2,1-4H3,(H,21,24). The number of thioether (sulfide) groups is 1. The predicted molar refractivity (Wildman–Crippen MR) is 118 cm³/mol. The molecule has 0 radical (unpaired) electrons. The quantitative estimate of drug-likeness (QED) is 0.433. The zero-order chi connectivity index (χ0) is 21.0. The van der Waals surface area contributed by atoms with Crippen LogP contribution < -0.4 is 15.6 Å². The number of hydrogen-bond acceptors (Lipinski definition) is 7. The maximum Gasteiger partial charge on any atom is 0.263 e. The molecule has 0 saturated carbocycles. The van der Waals surface area contributed by atoms with Crippen LogP contribution in [0, 0.1) is 13.8 Å². The summed E-state index contributed by atoms with van der Waals surface area (Å²) in [6.45, 7) is 4.68. The molecule has 0 spiro atoms. The molecule has 154 valence electrons. The van der Waals surface area contributed by atoms with E-state index in [-0.39, 0.29) is 17.2 Å². The van der Waals surface area contributed by atoms with Gasteiger partial charge in [-0.2, -0.15) is 0 Å². The number of benzene rings is 1. The molecule has 0 aliphatic heterocycles. The number of hydrogen-bond donors (Lipinski definition) is 1. The number of carbonyl (C=O) groups is 1. The Morgan fingerprint density at radius 3 is 2.76 bits per heavy atom. The molecule has 2 heterocycles. The summed E-state index contributed by atoms with van der Waals surface area (Å²) in [5.74, 6) is 0.504. The fraction of sp³-hybridized carbons (Fsp3) is 0.350. The molecule has 3 rings (SSSR count). The Bertz CT molecular complexity index is 1090. The maximum absolute atomic E-state index is 13.1. The van der Waals surface area contributed by atoms with Crippen molar-refractivity contribution in [3.05, 3.63) is 45.1 Å². The van der Waals surface area contributed by atoms with Gasteiger partial charge in [-0.25, -0.2) is 4.98 Å². The normalized spacial score (nSPS) is 11.0. The highest BCUT2D eigenvalue weighted by atomic mass is 32.2. The number of aromatic nitrogens is 2. The summed E-state index contributed by atoms with van der Waals surface area (Å²) < 4.78 is 12.0. The third-order valence-corrected chi connectivity index (χ3v) is 6.56. The Morgan fingerprint density at radius 1 is 1.28 bits per heavy atom. The molecule has 0 bridgehead atoms. The van der Waals surface area contributed by atoms with Crippen molar-refractivity contribution >= 4 is 44.9 Å².